The van der Waals surface area contributed by atoms with Gasteiger partial charge < -0.3 is 11.1 Å². The van der Waals surface area contributed by atoms with Gasteiger partial charge in [-0.05, 0) is 19.1 Å². The van der Waals surface area contributed by atoms with Gasteiger partial charge in [-0.3, -0.25) is 9.00 Å². The van der Waals surface area contributed by atoms with Crippen LogP contribution in [0.2, 0.25) is 0 Å². The van der Waals surface area contributed by atoms with Gasteiger partial charge in [-0.2, -0.15) is 0 Å². The van der Waals surface area contributed by atoms with Gasteiger partial charge >= 0.3 is 0 Å². The van der Waals surface area contributed by atoms with Crippen LogP contribution < -0.4 is 11.1 Å². The highest BCUT2D eigenvalue weighted by Gasteiger charge is 2.10. The van der Waals surface area contributed by atoms with E-state index in [1.54, 1.807) is 12.3 Å². The summed E-state index contributed by atoms with van der Waals surface area (Å²) < 4.78 is 10.9. The van der Waals surface area contributed by atoms with Gasteiger partial charge in [-0.25, -0.2) is 0 Å². The lowest BCUT2D eigenvalue weighted by Gasteiger charge is -2.07. The van der Waals surface area contributed by atoms with Crippen LogP contribution in [-0.2, 0) is 10.8 Å². The zero-order valence-electron chi connectivity index (χ0n) is 11.2. The Labute approximate surface area is 116 Å². The number of hydrogen-bond donors (Lipinski definition) is 2. The Balaban J connectivity index is 2.87. The largest absolute Gasteiger partial charge is 0.351 e. The molecule has 19 heavy (non-hydrogen) atoms. The van der Waals surface area contributed by atoms with Crippen LogP contribution in [0.4, 0.5) is 0 Å². The minimum Gasteiger partial charge on any atom is -0.351 e. The van der Waals surface area contributed by atoms with Crippen molar-refractivity contribution in [2.24, 2.45) is 5.73 Å². The molecule has 0 radical (unpaired) electrons. The predicted molar refractivity (Wildman–Crippen MR) is 78.4 cm³/mol. The number of nitrogens with two attached hydrogens (primary N) is 1. The van der Waals surface area contributed by atoms with E-state index in [1.165, 1.54) is 0 Å². The van der Waals surface area contributed by atoms with E-state index >= 15 is 0 Å². The molecule has 1 aromatic rings. The van der Waals surface area contributed by atoms with Gasteiger partial charge in [0.15, 0.2) is 0 Å². The van der Waals surface area contributed by atoms with Gasteiger partial charge in [0, 0.05) is 34.9 Å². The number of hydrogen-bond acceptors (Lipinski definition) is 3. The molecule has 0 aromatic heterocycles. The first-order valence-corrected chi connectivity index (χ1v) is 7.65. The fraction of sp³-hybridized carbons (Fsp3) is 0.357. The van der Waals surface area contributed by atoms with Gasteiger partial charge in [-0.1, -0.05) is 23.5 Å². The first-order chi connectivity index (χ1) is 9.04. The van der Waals surface area contributed by atoms with Crippen molar-refractivity contribution in [1.29, 1.82) is 0 Å². The van der Waals surface area contributed by atoms with E-state index in [9.17, 15) is 9.00 Å². The smallest absolute Gasteiger partial charge is 0.252 e. The fourth-order valence-electron chi connectivity index (χ4n) is 1.50. The second kappa shape index (κ2) is 7.72. The quantitative estimate of drug-likeness (QED) is 0.784. The summed E-state index contributed by atoms with van der Waals surface area (Å²) >= 11 is 0. The lowest BCUT2D eigenvalue weighted by atomic mass is 10.0. The summed E-state index contributed by atoms with van der Waals surface area (Å²) in [6.45, 7) is 2.56. The van der Waals surface area contributed by atoms with Crippen molar-refractivity contribution in [2.45, 2.75) is 6.92 Å². The molecule has 0 aliphatic heterocycles. The minimum absolute atomic E-state index is 0.199. The molecule has 0 saturated carbocycles. The molecule has 3 N–H and O–H groups in total. The lowest BCUT2D eigenvalue weighted by molar-refractivity contribution is 0.0956. The molecule has 1 unspecified atom stereocenters. The maximum absolute atomic E-state index is 12.1. The Bertz CT molecular complexity index is 544. The van der Waals surface area contributed by atoms with E-state index in [2.05, 4.69) is 17.2 Å². The Morgan fingerprint density at radius 1 is 1.47 bits per heavy atom. The average molecular weight is 278 g/mol. The molecule has 0 bridgehead atoms. The molecule has 1 rings (SSSR count). The Morgan fingerprint density at radius 3 is 2.84 bits per heavy atom. The zero-order chi connectivity index (χ0) is 14.3. The van der Waals surface area contributed by atoms with Crippen molar-refractivity contribution in [2.75, 3.05) is 25.1 Å². The summed E-state index contributed by atoms with van der Waals surface area (Å²) in [5.41, 5.74) is 7.52. The lowest BCUT2D eigenvalue weighted by Crippen LogP contribution is -2.28. The third-order valence-corrected chi connectivity index (χ3v) is 3.20. The highest BCUT2D eigenvalue weighted by Crippen LogP contribution is 2.10. The first kappa shape index (κ1) is 15.4. The van der Waals surface area contributed by atoms with Gasteiger partial charge in [0.05, 0.1) is 12.1 Å². The molecule has 1 aromatic carbocycles. The van der Waals surface area contributed by atoms with Gasteiger partial charge in [0.25, 0.3) is 5.91 Å². The van der Waals surface area contributed by atoms with Crippen molar-refractivity contribution < 1.29 is 9.00 Å². The van der Waals surface area contributed by atoms with Crippen molar-refractivity contribution >= 4 is 16.7 Å². The third-order valence-electron chi connectivity index (χ3n) is 2.42. The van der Waals surface area contributed by atoms with E-state index in [-0.39, 0.29) is 12.5 Å². The number of carbonyl (C=O) groups is 1. The molecule has 0 saturated heterocycles. The standard InChI is InChI=1S/C14H18N2O2S/c1-11-5-6-12(4-3-7-15)13(10-11)14(17)16-8-9-19(2)18/h5-6,10H,7-9,15H2,1-2H3,(H,16,17). The predicted octanol–water partition coefficient (Wildman–Crippen LogP) is 0.414. The monoisotopic (exact) mass is 278 g/mol. The Kier molecular flexibility index (Phi) is 6.26. The summed E-state index contributed by atoms with van der Waals surface area (Å²) in [4.78, 5) is 12.1. The summed E-state index contributed by atoms with van der Waals surface area (Å²) in [6, 6.07) is 5.50. The van der Waals surface area contributed by atoms with Crippen LogP contribution in [0.1, 0.15) is 21.5 Å². The Morgan fingerprint density at radius 2 is 2.21 bits per heavy atom. The number of rotatable bonds is 4. The highest BCUT2D eigenvalue weighted by atomic mass is 32.2. The average Bonchev–Trinajstić information content (AvgIpc) is 2.36. The van der Waals surface area contributed by atoms with E-state index in [0.29, 0.717) is 23.4 Å². The van der Waals surface area contributed by atoms with Crippen LogP contribution in [0.15, 0.2) is 18.2 Å². The molecule has 4 nitrogen and oxygen atoms in total. The molecular weight excluding hydrogens is 260 g/mol. The molecule has 1 amide bonds. The van der Waals surface area contributed by atoms with Gasteiger partial charge in [-0.15, -0.1) is 0 Å². The van der Waals surface area contributed by atoms with Crippen LogP contribution >= 0.6 is 0 Å². The molecule has 1 atom stereocenters. The molecular formula is C14H18N2O2S. The molecule has 5 heteroatoms. The maximum Gasteiger partial charge on any atom is 0.252 e. The second-order valence-electron chi connectivity index (χ2n) is 4.09. The molecule has 0 spiro atoms. The van der Waals surface area contributed by atoms with E-state index in [1.807, 2.05) is 19.1 Å². The zero-order valence-corrected chi connectivity index (χ0v) is 12.0. The SMILES string of the molecule is Cc1ccc(C#CCN)c(C(=O)NCCS(C)=O)c1. The van der Waals surface area contributed by atoms with Crippen molar-refractivity contribution in [3.8, 4) is 11.8 Å². The fourth-order valence-corrected chi connectivity index (χ4v) is 1.89. The normalized spacial score (nSPS) is 11.3. The third kappa shape index (κ3) is 5.25. The van der Waals surface area contributed by atoms with Crippen molar-refractivity contribution in [1.82, 2.24) is 5.32 Å². The summed E-state index contributed by atoms with van der Waals surface area (Å²) in [6.07, 6.45) is 1.61. The van der Waals surface area contributed by atoms with Crippen LogP contribution in [0.3, 0.4) is 0 Å². The van der Waals surface area contributed by atoms with Crippen LogP contribution in [-0.4, -0.2) is 35.2 Å². The summed E-state index contributed by atoms with van der Waals surface area (Å²) in [5, 5.41) is 2.74. The van der Waals surface area contributed by atoms with Crippen LogP contribution in [0.25, 0.3) is 0 Å². The van der Waals surface area contributed by atoms with E-state index in [4.69, 9.17) is 5.73 Å². The Hall–Kier alpha value is -1.64. The topological polar surface area (TPSA) is 72.2 Å². The van der Waals surface area contributed by atoms with Crippen LogP contribution in [0.5, 0.6) is 0 Å². The second-order valence-corrected chi connectivity index (χ2v) is 5.64. The molecule has 102 valence electrons. The summed E-state index contributed by atoms with van der Waals surface area (Å²) in [7, 11) is -0.912. The number of benzene rings is 1. The molecule has 0 aliphatic carbocycles. The maximum atomic E-state index is 12.1. The van der Waals surface area contributed by atoms with Crippen molar-refractivity contribution in [3.63, 3.8) is 0 Å². The first-order valence-electron chi connectivity index (χ1n) is 5.92. The molecule has 0 fully saturated rings. The van der Waals surface area contributed by atoms with E-state index < -0.39 is 10.8 Å². The summed E-state index contributed by atoms with van der Waals surface area (Å²) in [5.74, 6) is 5.87. The minimum atomic E-state index is -0.912. The number of aryl methyl sites for hydroxylation is 1. The van der Waals surface area contributed by atoms with E-state index in [0.717, 1.165) is 5.56 Å². The molecule has 0 heterocycles. The number of amides is 1. The highest BCUT2D eigenvalue weighted by molar-refractivity contribution is 7.84. The number of carbonyl (C=O) groups excluding carboxylic acids is 1. The molecule has 0 aliphatic rings. The van der Waals surface area contributed by atoms with Gasteiger partial charge in [0.1, 0.15) is 0 Å². The number of nitrogens with one attached hydrogen (secondary N) is 1. The van der Waals surface area contributed by atoms with Crippen molar-refractivity contribution in [3.05, 3.63) is 34.9 Å². The van der Waals surface area contributed by atoms with Crippen LogP contribution in [0, 0.1) is 18.8 Å². The van der Waals surface area contributed by atoms with Gasteiger partial charge in [0.2, 0.25) is 0 Å².